The van der Waals surface area contributed by atoms with Crippen LogP contribution in [0.4, 0.5) is 0 Å². The van der Waals surface area contributed by atoms with Crippen LogP contribution in [0.15, 0.2) is 53.9 Å². The van der Waals surface area contributed by atoms with E-state index in [1.54, 1.807) is 19.5 Å². The van der Waals surface area contributed by atoms with Crippen molar-refractivity contribution in [1.82, 2.24) is 25.1 Å². The molecule has 3 rings (SSSR count). The summed E-state index contributed by atoms with van der Waals surface area (Å²) in [5.41, 5.74) is 1.97. The monoisotopic (exact) mass is 383 g/mol. The van der Waals surface area contributed by atoms with Crippen LogP contribution in [0.5, 0.6) is 5.75 Å². The van der Waals surface area contributed by atoms with Gasteiger partial charge in [0, 0.05) is 31.0 Å². The Morgan fingerprint density at radius 2 is 1.89 bits per heavy atom. The van der Waals surface area contributed by atoms with Crippen LogP contribution in [-0.2, 0) is 17.9 Å². The zero-order valence-electron chi connectivity index (χ0n) is 15.3. The van der Waals surface area contributed by atoms with Gasteiger partial charge in [-0.25, -0.2) is 0 Å². The van der Waals surface area contributed by atoms with Gasteiger partial charge in [0.1, 0.15) is 5.75 Å². The third-order valence-corrected chi connectivity index (χ3v) is 4.92. The number of nitrogens with one attached hydrogen (secondary N) is 1. The lowest BCUT2D eigenvalue weighted by molar-refractivity contribution is -0.118. The zero-order valence-corrected chi connectivity index (χ0v) is 16.1. The predicted octanol–water partition coefficient (Wildman–Crippen LogP) is 2.78. The normalized spacial score (nSPS) is 10.6. The van der Waals surface area contributed by atoms with Crippen LogP contribution in [0.1, 0.15) is 12.5 Å². The first-order valence-corrected chi connectivity index (χ1v) is 9.56. The van der Waals surface area contributed by atoms with E-state index in [4.69, 9.17) is 4.74 Å². The lowest BCUT2D eigenvalue weighted by Gasteiger charge is -2.08. The molecule has 2 heterocycles. The van der Waals surface area contributed by atoms with Crippen molar-refractivity contribution in [2.75, 3.05) is 12.9 Å². The molecule has 0 saturated heterocycles. The summed E-state index contributed by atoms with van der Waals surface area (Å²) in [6, 6.07) is 11.4. The number of benzene rings is 1. The number of ether oxygens (including phenoxy) is 1. The fraction of sp³-hybridized carbons (Fsp3) is 0.263. The van der Waals surface area contributed by atoms with Gasteiger partial charge in [0.05, 0.1) is 12.9 Å². The Kier molecular flexibility index (Phi) is 6.43. The molecule has 2 aromatic heterocycles. The zero-order chi connectivity index (χ0) is 19.1. The van der Waals surface area contributed by atoms with Crippen LogP contribution in [0.2, 0.25) is 0 Å². The van der Waals surface area contributed by atoms with Gasteiger partial charge in [0.15, 0.2) is 11.0 Å². The molecule has 0 unspecified atom stereocenters. The molecule has 0 fully saturated rings. The second-order valence-electron chi connectivity index (χ2n) is 5.70. The summed E-state index contributed by atoms with van der Waals surface area (Å²) >= 11 is 1.38. The minimum atomic E-state index is -0.0491. The van der Waals surface area contributed by atoms with Gasteiger partial charge in [0.2, 0.25) is 5.91 Å². The van der Waals surface area contributed by atoms with Crippen LogP contribution in [0.25, 0.3) is 11.4 Å². The molecular weight excluding hydrogens is 362 g/mol. The molecule has 8 heteroatoms. The summed E-state index contributed by atoms with van der Waals surface area (Å²) in [6.45, 7) is 3.23. The van der Waals surface area contributed by atoms with E-state index in [-0.39, 0.29) is 11.7 Å². The molecule has 0 spiro atoms. The predicted molar refractivity (Wildman–Crippen MR) is 104 cm³/mol. The largest absolute Gasteiger partial charge is 0.497 e. The molecule has 1 amide bonds. The molecule has 0 aliphatic carbocycles. The van der Waals surface area contributed by atoms with E-state index < -0.39 is 0 Å². The summed E-state index contributed by atoms with van der Waals surface area (Å²) in [5, 5.41) is 12.1. The highest BCUT2D eigenvalue weighted by molar-refractivity contribution is 7.99. The topological polar surface area (TPSA) is 81.9 Å². The first-order valence-electron chi connectivity index (χ1n) is 8.57. The lowest BCUT2D eigenvalue weighted by Crippen LogP contribution is -2.24. The first-order chi connectivity index (χ1) is 13.2. The van der Waals surface area contributed by atoms with Gasteiger partial charge in [-0.3, -0.25) is 9.78 Å². The highest BCUT2D eigenvalue weighted by Gasteiger charge is 2.14. The average Bonchev–Trinajstić information content (AvgIpc) is 3.14. The van der Waals surface area contributed by atoms with Gasteiger partial charge in [-0.1, -0.05) is 23.9 Å². The molecule has 140 valence electrons. The van der Waals surface area contributed by atoms with E-state index in [9.17, 15) is 4.79 Å². The van der Waals surface area contributed by atoms with Gasteiger partial charge in [-0.2, -0.15) is 0 Å². The number of carbonyl (C=O) groups excluding carboxylic acids is 1. The second kappa shape index (κ2) is 9.18. The second-order valence-corrected chi connectivity index (χ2v) is 6.64. The smallest absolute Gasteiger partial charge is 0.230 e. The van der Waals surface area contributed by atoms with Crippen molar-refractivity contribution in [2.24, 2.45) is 0 Å². The molecule has 1 aromatic carbocycles. The van der Waals surface area contributed by atoms with Crippen molar-refractivity contribution in [2.45, 2.75) is 25.2 Å². The molecule has 0 aliphatic heterocycles. The van der Waals surface area contributed by atoms with Crippen molar-refractivity contribution in [3.05, 3.63) is 54.4 Å². The van der Waals surface area contributed by atoms with Crippen LogP contribution in [-0.4, -0.2) is 38.5 Å². The summed E-state index contributed by atoms with van der Waals surface area (Å²) < 4.78 is 7.13. The van der Waals surface area contributed by atoms with Crippen LogP contribution in [0, 0.1) is 0 Å². The number of amides is 1. The summed E-state index contributed by atoms with van der Waals surface area (Å²) in [6.07, 6.45) is 3.45. The van der Waals surface area contributed by atoms with E-state index in [1.807, 2.05) is 47.9 Å². The fourth-order valence-corrected chi connectivity index (χ4v) is 3.35. The summed E-state index contributed by atoms with van der Waals surface area (Å²) in [7, 11) is 1.63. The lowest BCUT2D eigenvalue weighted by atomic mass is 10.2. The van der Waals surface area contributed by atoms with Crippen molar-refractivity contribution in [3.63, 3.8) is 0 Å². The van der Waals surface area contributed by atoms with Gasteiger partial charge >= 0.3 is 0 Å². The summed E-state index contributed by atoms with van der Waals surface area (Å²) in [5.74, 6) is 1.81. The molecule has 3 aromatic rings. The first kappa shape index (κ1) is 18.9. The quantitative estimate of drug-likeness (QED) is 0.603. The maximum atomic E-state index is 12.2. The van der Waals surface area contributed by atoms with Gasteiger partial charge in [-0.05, 0) is 36.8 Å². The van der Waals surface area contributed by atoms with E-state index in [0.717, 1.165) is 34.4 Å². The average molecular weight is 383 g/mol. The standard InChI is InChI=1S/C19H21N5O2S/c1-3-24-18(15-8-10-20-11-9-15)22-23-19(24)27-13-17(25)21-12-14-4-6-16(26-2)7-5-14/h4-11H,3,12-13H2,1-2H3,(H,21,25). The molecular formula is C19H21N5O2S. The van der Waals surface area contributed by atoms with Crippen molar-refractivity contribution >= 4 is 17.7 Å². The van der Waals surface area contributed by atoms with Crippen molar-refractivity contribution < 1.29 is 9.53 Å². The van der Waals surface area contributed by atoms with Crippen LogP contribution < -0.4 is 10.1 Å². The Bertz CT molecular complexity index is 881. The Labute approximate surface area is 162 Å². The molecule has 0 atom stereocenters. The Balaban J connectivity index is 1.56. The van der Waals surface area contributed by atoms with Gasteiger partial charge in [0.25, 0.3) is 0 Å². The number of methoxy groups -OCH3 is 1. The highest BCUT2D eigenvalue weighted by Crippen LogP contribution is 2.23. The molecule has 0 aliphatic rings. The van der Waals surface area contributed by atoms with Crippen molar-refractivity contribution in [1.29, 1.82) is 0 Å². The van der Waals surface area contributed by atoms with Crippen molar-refractivity contribution in [3.8, 4) is 17.1 Å². The fourth-order valence-electron chi connectivity index (χ4n) is 2.52. The van der Waals surface area contributed by atoms with Gasteiger partial charge in [-0.15, -0.1) is 10.2 Å². The Morgan fingerprint density at radius 3 is 2.56 bits per heavy atom. The number of hydrogen-bond acceptors (Lipinski definition) is 6. The van der Waals surface area contributed by atoms with Crippen LogP contribution in [0.3, 0.4) is 0 Å². The number of thioether (sulfide) groups is 1. The number of hydrogen-bond donors (Lipinski definition) is 1. The number of carbonyl (C=O) groups is 1. The van der Waals surface area contributed by atoms with E-state index in [0.29, 0.717) is 6.54 Å². The molecule has 0 bridgehead atoms. The van der Waals surface area contributed by atoms with Gasteiger partial charge < -0.3 is 14.6 Å². The third kappa shape index (κ3) is 4.85. The molecule has 27 heavy (non-hydrogen) atoms. The Hall–Kier alpha value is -2.87. The molecule has 1 N–H and O–H groups in total. The molecule has 0 radical (unpaired) electrons. The SMILES string of the molecule is CCn1c(SCC(=O)NCc2ccc(OC)cc2)nnc1-c1ccncc1. The number of pyridine rings is 1. The Morgan fingerprint density at radius 1 is 1.15 bits per heavy atom. The van der Waals surface area contributed by atoms with E-state index >= 15 is 0 Å². The molecule has 7 nitrogen and oxygen atoms in total. The number of aromatic nitrogens is 4. The van der Waals surface area contributed by atoms with E-state index in [2.05, 4.69) is 20.5 Å². The van der Waals surface area contributed by atoms with E-state index in [1.165, 1.54) is 11.8 Å². The highest BCUT2D eigenvalue weighted by atomic mass is 32.2. The summed E-state index contributed by atoms with van der Waals surface area (Å²) in [4.78, 5) is 16.2. The minimum Gasteiger partial charge on any atom is -0.497 e. The minimum absolute atomic E-state index is 0.0491. The number of rotatable bonds is 8. The third-order valence-electron chi connectivity index (χ3n) is 3.95. The van der Waals surface area contributed by atoms with Crippen LogP contribution >= 0.6 is 11.8 Å². The maximum Gasteiger partial charge on any atom is 0.230 e. The maximum absolute atomic E-state index is 12.2. The number of nitrogens with zero attached hydrogens (tertiary/aromatic N) is 4. The molecule has 0 saturated carbocycles.